The fraction of sp³-hybridized carbons (Fsp3) is 0.320. The summed E-state index contributed by atoms with van der Waals surface area (Å²) in [7, 11) is 3.20. The summed E-state index contributed by atoms with van der Waals surface area (Å²) in [5.74, 6) is 3.06. The second-order valence-electron chi connectivity index (χ2n) is 7.76. The summed E-state index contributed by atoms with van der Waals surface area (Å²) in [6.07, 6.45) is 0.338. The molecule has 0 N–H and O–H groups in total. The van der Waals surface area contributed by atoms with Crippen LogP contribution in [0, 0.1) is 6.92 Å². The summed E-state index contributed by atoms with van der Waals surface area (Å²) in [4.78, 5) is 26.2. The van der Waals surface area contributed by atoms with E-state index in [1.54, 1.807) is 14.2 Å². The van der Waals surface area contributed by atoms with E-state index >= 15 is 0 Å². The van der Waals surface area contributed by atoms with Crippen molar-refractivity contribution in [3.8, 4) is 22.8 Å². The Labute approximate surface area is 188 Å². The van der Waals surface area contributed by atoms with E-state index in [1.807, 2.05) is 54.3 Å². The number of carbonyl (C=O) groups excluding carboxylic acids is 1. The quantitative estimate of drug-likeness (QED) is 0.595. The Kier molecular flexibility index (Phi) is 6.54. The molecule has 0 spiro atoms. The highest BCUT2D eigenvalue weighted by Gasteiger charge is 2.23. The van der Waals surface area contributed by atoms with Crippen LogP contribution in [-0.4, -0.2) is 61.2 Å². The summed E-state index contributed by atoms with van der Waals surface area (Å²) >= 11 is 0. The minimum absolute atomic E-state index is 0.112. The molecule has 1 aliphatic rings. The maximum absolute atomic E-state index is 12.9. The zero-order valence-electron chi connectivity index (χ0n) is 18.7. The Balaban J connectivity index is 1.40. The SMILES string of the molecule is COc1ccc(CC(=O)N2CCN(c3cc(-c4ccccc4)nc(C)n3)CC2)cc1OC. The second kappa shape index (κ2) is 9.68. The molecule has 0 unspecified atom stereocenters. The number of amides is 1. The zero-order chi connectivity index (χ0) is 22.5. The Morgan fingerprint density at radius 1 is 0.906 bits per heavy atom. The van der Waals surface area contributed by atoms with Gasteiger partial charge in [0.05, 0.1) is 26.3 Å². The number of rotatable bonds is 6. The number of aryl methyl sites for hydroxylation is 1. The van der Waals surface area contributed by atoms with Gasteiger partial charge in [-0.25, -0.2) is 9.97 Å². The summed E-state index contributed by atoms with van der Waals surface area (Å²) in [5, 5.41) is 0. The minimum atomic E-state index is 0.112. The Morgan fingerprint density at radius 2 is 1.62 bits per heavy atom. The van der Waals surface area contributed by atoms with Gasteiger partial charge in [-0.15, -0.1) is 0 Å². The van der Waals surface area contributed by atoms with Gasteiger partial charge >= 0.3 is 0 Å². The largest absolute Gasteiger partial charge is 0.493 e. The Morgan fingerprint density at radius 3 is 2.31 bits per heavy atom. The lowest BCUT2D eigenvalue weighted by Gasteiger charge is -2.35. The van der Waals surface area contributed by atoms with E-state index in [0.29, 0.717) is 31.0 Å². The van der Waals surface area contributed by atoms with E-state index < -0.39 is 0 Å². The molecule has 1 amide bonds. The highest BCUT2D eigenvalue weighted by Crippen LogP contribution is 2.28. The van der Waals surface area contributed by atoms with Gasteiger partial charge in [-0.1, -0.05) is 36.4 Å². The first kappa shape index (κ1) is 21.6. The van der Waals surface area contributed by atoms with Crippen LogP contribution in [0.2, 0.25) is 0 Å². The maximum Gasteiger partial charge on any atom is 0.227 e. The Hall–Kier alpha value is -3.61. The lowest BCUT2D eigenvalue weighted by Crippen LogP contribution is -2.49. The maximum atomic E-state index is 12.9. The van der Waals surface area contributed by atoms with Crippen LogP contribution in [0.4, 0.5) is 5.82 Å². The number of hydrogen-bond acceptors (Lipinski definition) is 6. The molecule has 1 saturated heterocycles. The number of ether oxygens (including phenoxy) is 2. The third-order valence-corrected chi connectivity index (χ3v) is 5.65. The van der Waals surface area contributed by atoms with Crippen LogP contribution in [0.15, 0.2) is 54.6 Å². The van der Waals surface area contributed by atoms with Crippen LogP contribution in [0.5, 0.6) is 11.5 Å². The van der Waals surface area contributed by atoms with Crippen LogP contribution < -0.4 is 14.4 Å². The fourth-order valence-electron chi connectivity index (χ4n) is 3.93. The van der Waals surface area contributed by atoms with Crippen molar-refractivity contribution in [3.63, 3.8) is 0 Å². The fourth-order valence-corrected chi connectivity index (χ4v) is 3.93. The van der Waals surface area contributed by atoms with Gasteiger partial charge in [-0.2, -0.15) is 0 Å². The van der Waals surface area contributed by atoms with Crippen molar-refractivity contribution in [1.82, 2.24) is 14.9 Å². The molecule has 4 rings (SSSR count). The van der Waals surface area contributed by atoms with Crippen molar-refractivity contribution >= 4 is 11.7 Å². The monoisotopic (exact) mass is 432 g/mol. The van der Waals surface area contributed by atoms with E-state index in [9.17, 15) is 4.79 Å². The van der Waals surface area contributed by atoms with Crippen molar-refractivity contribution in [2.75, 3.05) is 45.3 Å². The van der Waals surface area contributed by atoms with Crippen LogP contribution in [0.25, 0.3) is 11.3 Å². The summed E-state index contributed by atoms with van der Waals surface area (Å²) in [5.41, 5.74) is 2.90. The van der Waals surface area contributed by atoms with E-state index in [0.717, 1.165) is 41.6 Å². The van der Waals surface area contributed by atoms with Gasteiger partial charge in [0, 0.05) is 37.8 Å². The van der Waals surface area contributed by atoms with E-state index in [4.69, 9.17) is 9.47 Å². The highest BCUT2D eigenvalue weighted by atomic mass is 16.5. The number of piperazine rings is 1. The average Bonchev–Trinajstić information content (AvgIpc) is 2.84. The first-order valence-electron chi connectivity index (χ1n) is 10.7. The molecule has 32 heavy (non-hydrogen) atoms. The van der Waals surface area contributed by atoms with Crippen molar-refractivity contribution in [1.29, 1.82) is 0 Å². The van der Waals surface area contributed by atoms with Crippen LogP contribution in [-0.2, 0) is 11.2 Å². The molecule has 1 fully saturated rings. The molecule has 0 aliphatic carbocycles. The van der Waals surface area contributed by atoms with E-state index in [2.05, 4.69) is 27.0 Å². The molecule has 0 radical (unpaired) electrons. The van der Waals surface area contributed by atoms with Gasteiger partial charge in [0.15, 0.2) is 11.5 Å². The summed E-state index contributed by atoms with van der Waals surface area (Å²) in [6.45, 7) is 4.72. The first-order valence-corrected chi connectivity index (χ1v) is 10.7. The lowest BCUT2D eigenvalue weighted by molar-refractivity contribution is -0.130. The molecule has 1 aromatic heterocycles. The van der Waals surface area contributed by atoms with Crippen molar-refractivity contribution in [2.24, 2.45) is 0 Å². The van der Waals surface area contributed by atoms with Gasteiger partial charge in [-0.05, 0) is 24.6 Å². The topological polar surface area (TPSA) is 67.8 Å². The molecule has 2 heterocycles. The first-order chi connectivity index (χ1) is 15.6. The van der Waals surface area contributed by atoms with Crippen molar-refractivity contribution < 1.29 is 14.3 Å². The molecule has 7 heteroatoms. The second-order valence-corrected chi connectivity index (χ2v) is 7.76. The third kappa shape index (κ3) is 4.82. The number of methoxy groups -OCH3 is 2. The molecule has 3 aromatic rings. The molecule has 0 bridgehead atoms. The number of aromatic nitrogens is 2. The normalized spacial score (nSPS) is 13.7. The van der Waals surface area contributed by atoms with Crippen LogP contribution >= 0.6 is 0 Å². The molecular formula is C25H28N4O3. The predicted octanol–water partition coefficient (Wildman–Crippen LogP) is 3.36. The van der Waals surface area contributed by atoms with E-state index in [-0.39, 0.29) is 5.91 Å². The number of carbonyl (C=O) groups is 1. The van der Waals surface area contributed by atoms with Gasteiger partial charge < -0.3 is 19.3 Å². The van der Waals surface area contributed by atoms with E-state index in [1.165, 1.54) is 0 Å². The van der Waals surface area contributed by atoms with Crippen LogP contribution in [0.1, 0.15) is 11.4 Å². The smallest absolute Gasteiger partial charge is 0.227 e. The van der Waals surface area contributed by atoms with Crippen LogP contribution in [0.3, 0.4) is 0 Å². The van der Waals surface area contributed by atoms with Crippen molar-refractivity contribution in [3.05, 3.63) is 66.0 Å². The molecule has 1 aliphatic heterocycles. The van der Waals surface area contributed by atoms with Gasteiger partial charge in [0.2, 0.25) is 5.91 Å². The highest BCUT2D eigenvalue weighted by molar-refractivity contribution is 5.79. The van der Waals surface area contributed by atoms with Crippen molar-refractivity contribution in [2.45, 2.75) is 13.3 Å². The summed E-state index contributed by atoms with van der Waals surface area (Å²) < 4.78 is 10.6. The number of benzene rings is 2. The number of nitrogens with zero attached hydrogens (tertiary/aromatic N) is 4. The van der Waals surface area contributed by atoms with Gasteiger partial charge in [0.1, 0.15) is 11.6 Å². The van der Waals surface area contributed by atoms with Gasteiger partial charge in [0.25, 0.3) is 0 Å². The standard InChI is InChI=1S/C25H28N4O3/c1-18-26-21(20-7-5-4-6-8-20)17-24(27-18)28-11-13-29(14-12-28)25(30)16-19-9-10-22(31-2)23(15-19)32-3/h4-10,15,17H,11-14,16H2,1-3H3. The molecule has 7 nitrogen and oxygen atoms in total. The lowest BCUT2D eigenvalue weighted by atomic mass is 10.1. The number of hydrogen-bond donors (Lipinski definition) is 0. The molecule has 0 saturated carbocycles. The minimum Gasteiger partial charge on any atom is -0.493 e. The van der Waals surface area contributed by atoms with Gasteiger partial charge in [-0.3, -0.25) is 4.79 Å². The molecule has 166 valence electrons. The summed E-state index contributed by atoms with van der Waals surface area (Å²) in [6, 6.07) is 17.8. The predicted molar refractivity (Wildman–Crippen MR) is 124 cm³/mol. The molecule has 0 atom stereocenters. The zero-order valence-corrected chi connectivity index (χ0v) is 18.7. The third-order valence-electron chi connectivity index (χ3n) is 5.65. The molecule has 2 aromatic carbocycles. The molecular weight excluding hydrogens is 404 g/mol. The number of anilines is 1. The Bertz CT molecular complexity index is 1080. The average molecular weight is 433 g/mol.